The summed E-state index contributed by atoms with van der Waals surface area (Å²) in [4.78, 5) is 27.3. The molecule has 11 heteroatoms. The van der Waals surface area contributed by atoms with E-state index in [4.69, 9.17) is 25.5 Å². The highest BCUT2D eigenvalue weighted by Gasteiger charge is 2.10. The van der Waals surface area contributed by atoms with Crippen molar-refractivity contribution in [3.05, 3.63) is 105 Å². The third-order valence-electron chi connectivity index (χ3n) is 6.50. The SMILES string of the molecule is COc1ccc2cc(C=O)sc2c1.COc1ccc2ccsc2c1.[C-]#[N+]/C(=C\c1cc2ccc(OC)cc2s1)C(=O)NCCOC. The van der Waals surface area contributed by atoms with E-state index < -0.39 is 0 Å². The molecule has 8 nitrogen and oxygen atoms in total. The lowest BCUT2D eigenvalue weighted by Crippen LogP contribution is -2.27. The maximum atomic E-state index is 11.9. The molecule has 3 heterocycles. The topological polar surface area (TPSA) is 87.5 Å². The number of fused-ring (bicyclic) bond motifs is 3. The molecule has 46 heavy (non-hydrogen) atoms. The number of ether oxygens (including phenoxy) is 4. The van der Waals surface area contributed by atoms with Crippen molar-refractivity contribution in [3.8, 4) is 17.2 Å². The number of carbonyl (C=O) groups excluding carboxylic acids is 2. The van der Waals surface area contributed by atoms with Crippen molar-refractivity contribution in [2.45, 2.75) is 0 Å². The van der Waals surface area contributed by atoms with Crippen molar-refractivity contribution in [3.63, 3.8) is 0 Å². The van der Waals surface area contributed by atoms with Crippen LogP contribution in [0.3, 0.4) is 0 Å². The fourth-order valence-corrected chi connectivity index (χ4v) is 6.91. The van der Waals surface area contributed by atoms with Gasteiger partial charge in [0.05, 0.1) is 39.4 Å². The van der Waals surface area contributed by atoms with Crippen LogP contribution in [-0.2, 0) is 9.53 Å². The molecule has 0 saturated carbocycles. The number of rotatable bonds is 9. The maximum Gasteiger partial charge on any atom is 0.251 e. The third kappa shape index (κ3) is 9.15. The summed E-state index contributed by atoms with van der Waals surface area (Å²) in [5.41, 5.74) is 0.0645. The minimum Gasteiger partial charge on any atom is -0.497 e. The molecule has 0 unspecified atom stereocenters. The minimum atomic E-state index is -0.387. The van der Waals surface area contributed by atoms with E-state index >= 15 is 0 Å². The van der Waals surface area contributed by atoms with Gasteiger partial charge in [-0.2, -0.15) is 0 Å². The Morgan fingerprint density at radius 3 is 1.85 bits per heavy atom. The summed E-state index contributed by atoms with van der Waals surface area (Å²) in [6, 6.07) is 23.6. The Bertz CT molecular complexity index is 2000. The van der Waals surface area contributed by atoms with Gasteiger partial charge in [0.2, 0.25) is 5.91 Å². The van der Waals surface area contributed by atoms with E-state index in [2.05, 4.69) is 33.7 Å². The van der Waals surface area contributed by atoms with E-state index in [1.807, 2.05) is 54.6 Å². The van der Waals surface area contributed by atoms with Gasteiger partial charge < -0.3 is 24.3 Å². The van der Waals surface area contributed by atoms with E-state index in [-0.39, 0.29) is 11.6 Å². The van der Waals surface area contributed by atoms with E-state index in [1.165, 1.54) is 32.8 Å². The lowest BCUT2D eigenvalue weighted by atomic mass is 10.2. The van der Waals surface area contributed by atoms with Crippen LogP contribution in [0.5, 0.6) is 17.2 Å². The smallest absolute Gasteiger partial charge is 0.251 e. The van der Waals surface area contributed by atoms with Crippen molar-refractivity contribution in [2.75, 3.05) is 41.6 Å². The molecule has 6 rings (SSSR count). The van der Waals surface area contributed by atoms with Crippen molar-refractivity contribution < 1.29 is 28.5 Å². The summed E-state index contributed by atoms with van der Waals surface area (Å²) in [5, 5.41) is 8.17. The van der Waals surface area contributed by atoms with Crippen molar-refractivity contribution in [2.24, 2.45) is 0 Å². The predicted octanol–water partition coefficient (Wildman–Crippen LogP) is 8.56. The molecular weight excluding hydrogens is 641 g/mol. The summed E-state index contributed by atoms with van der Waals surface area (Å²) < 4.78 is 23.7. The number of nitrogens with one attached hydrogen (secondary N) is 1. The average Bonchev–Trinajstić information content (AvgIpc) is 3.84. The van der Waals surface area contributed by atoms with Gasteiger partial charge in [0, 0.05) is 32.6 Å². The highest BCUT2D eigenvalue weighted by molar-refractivity contribution is 7.20. The molecule has 0 aliphatic rings. The van der Waals surface area contributed by atoms with E-state index in [1.54, 1.807) is 45.9 Å². The number of hydrogen-bond acceptors (Lipinski definition) is 9. The van der Waals surface area contributed by atoms with Crippen LogP contribution >= 0.6 is 34.0 Å². The van der Waals surface area contributed by atoms with Crippen LogP contribution in [0, 0.1) is 6.57 Å². The largest absolute Gasteiger partial charge is 0.497 e. The van der Waals surface area contributed by atoms with Gasteiger partial charge in [-0.15, -0.1) is 34.0 Å². The van der Waals surface area contributed by atoms with Gasteiger partial charge in [-0.3, -0.25) is 9.59 Å². The Labute approximate surface area is 279 Å². The van der Waals surface area contributed by atoms with Gasteiger partial charge in [-0.1, -0.05) is 0 Å². The number of carbonyl (C=O) groups is 2. The van der Waals surface area contributed by atoms with Crippen molar-refractivity contribution >= 4 is 82.5 Å². The Morgan fingerprint density at radius 2 is 1.30 bits per heavy atom. The normalized spacial score (nSPS) is 10.7. The number of methoxy groups -OCH3 is 4. The van der Waals surface area contributed by atoms with Crippen molar-refractivity contribution in [1.82, 2.24) is 5.32 Å². The van der Waals surface area contributed by atoms with Crippen LogP contribution in [0.15, 0.2) is 83.9 Å². The quantitative estimate of drug-likeness (QED) is 0.0717. The zero-order valence-corrected chi connectivity index (χ0v) is 28.1. The number of aldehydes is 1. The molecule has 236 valence electrons. The van der Waals surface area contributed by atoms with Gasteiger partial charge in [0.1, 0.15) is 17.2 Å². The van der Waals surface area contributed by atoms with Crippen LogP contribution in [0.2, 0.25) is 0 Å². The lowest BCUT2D eigenvalue weighted by Gasteiger charge is -2.02. The average molecular weight is 673 g/mol. The molecule has 3 aromatic heterocycles. The molecule has 0 bridgehead atoms. The highest BCUT2D eigenvalue weighted by atomic mass is 32.1. The number of benzene rings is 3. The zero-order valence-electron chi connectivity index (χ0n) is 25.7. The minimum absolute atomic E-state index is 0.0645. The van der Waals surface area contributed by atoms with Gasteiger partial charge in [-0.05, 0) is 100 Å². The summed E-state index contributed by atoms with van der Waals surface area (Å²) in [6.07, 6.45) is 2.48. The Morgan fingerprint density at radius 1 is 0.761 bits per heavy atom. The Balaban J connectivity index is 0.000000169. The first kappa shape index (κ1) is 34.1. The molecule has 1 amide bonds. The van der Waals surface area contributed by atoms with Gasteiger partial charge >= 0.3 is 0 Å². The molecule has 1 N–H and O–H groups in total. The van der Waals surface area contributed by atoms with Gasteiger partial charge in [-0.25, -0.2) is 4.85 Å². The molecule has 0 fully saturated rings. The summed E-state index contributed by atoms with van der Waals surface area (Å²) in [6.45, 7) is 7.96. The Hall–Kier alpha value is -4.73. The van der Waals surface area contributed by atoms with Crippen LogP contribution in [0.4, 0.5) is 0 Å². The zero-order chi connectivity index (χ0) is 32.9. The highest BCUT2D eigenvalue weighted by Crippen LogP contribution is 2.31. The molecule has 0 spiro atoms. The molecule has 0 saturated heterocycles. The lowest BCUT2D eigenvalue weighted by molar-refractivity contribution is -0.117. The van der Waals surface area contributed by atoms with Crippen LogP contribution in [0.25, 0.3) is 41.2 Å². The summed E-state index contributed by atoms with van der Waals surface area (Å²) in [5.74, 6) is 2.15. The van der Waals surface area contributed by atoms with E-state index in [9.17, 15) is 9.59 Å². The van der Waals surface area contributed by atoms with Crippen LogP contribution in [0.1, 0.15) is 14.5 Å². The molecule has 0 radical (unpaired) electrons. The van der Waals surface area contributed by atoms with E-state index in [0.717, 1.165) is 53.5 Å². The maximum absolute atomic E-state index is 11.9. The van der Waals surface area contributed by atoms with E-state index in [0.29, 0.717) is 13.2 Å². The fourth-order valence-electron chi connectivity index (χ4n) is 4.15. The molecule has 3 aromatic carbocycles. The van der Waals surface area contributed by atoms with Gasteiger partial charge in [0.25, 0.3) is 5.70 Å². The first-order valence-corrected chi connectivity index (χ1v) is 16.4. The number of hydrogen-bond donors (Lipinski definition) is 1. The van der Waals surface area contributed by atoms with Gasteiger partial charge in [0.15, 0.2) is 6.29 Å². The predicted molar refractivity (Wildman–Crippen MR) is 190 cm³/mol. The molecule has 0 aliphatic carbocycles. The standard InChI is InChI=1S/C16H16N2O3S.C10H8O2S.C9H8OS/c1-17-14(16(19)18-6-7-20-2)10-13-8-11-4-5-12(21-3)9-15(11)22-13;1-12-8-3-2-7-4-9(6-11)13-10(7)5-8;1-10-8-3-2-7-4-5-11-9(7)6-8/h4-5,8-10H,6-7H2,2-3H3,(H,18,19);2-6H,1H3;2-6H,1H3/b14-10-;;. The second kappa shape index (κ2) is 17.1. The number of thiophene rings is 3. The van der Waals surface area contributed by atoms with Crippen molar-refractivity contribution in [1.29, 1.82) is 0 Å². The molecule has 0 aliphatic heterocycles. The third-order valence-corrected chi connectivity index (χ3v) is 9.44. The first-order chi connectivity index (χ1) is 22.4. The number of amides is 1. The molecule has 0 atom stereocenters. The van der Waals surface area contributed by atoms with Crippen LogP contribution < -0.4 is 19.5 Å². The second-order valence-electron chi connectivity index (χ2n) is 9.44. The fraction of sp³-hybridized carbons (Fsp3) is 0.171. The summed E-state index contributed by atoms with van der Waals surface area (Å²) in [7, 11) is 6.50. The Kier molecular flexibility index (Phi) is 12.7. The second-order valence-corrected chi connectivity index (χ2v) is 12.6. The molecular formula is C35H32N2O6S3. The first-order valence-electron chi connectivity index (χ1n) is 13.9. The monoisotopic (exact) mass is 672 g/mol. The number of nitrogens with zero attached hydrogens (tertiary/aromatic N) is 1. The molecule has 6 aromatic rings. The summed E-state index contributed by atoms with van der Waals surface area (Å²) >= 11 is 4.73. The van der Waals surface area contributed by atoms with Crippen LogP contribution in [-0.4, -0.2) is 53.8 Å².